The average molecular weight is 379 g/mol. The van der Waals surface area contributed by atoms with Crippen molar-refractivity contribution in [2.45, 2.75) is 20.0 Å². The highest BCUT2D eigenvalue weighted by Gasteiger charge is 2.19. The van der Waals surface area contributed by atoms with Crippen LogP contribution in [0.15, 0.2) is 81.7 Å². The van der Waals surface area contributed by atoms with Crippen LogP contribution in [0.3, 0.4) is 0 Å². The van der Waals surface area contributed by atoms with E-state index >= 15 is 0 Å². The highest BCUT2D eigenvalue weighted by atomic mass is 16.3. The van der Waals surface area contributed by atoms with Gasteiger partial charge in [0.1, 0.15) is 17.1 Å². The van der Waals surface area contributed by atoms with Crippen LogP contribution in [-0.4, -0.2) is 11.8 Å². The van der Waals surface area contributed by atoms with Crippen molar-refractivity contribution in [3.05, 3.63) is 89.9 Å². The molecule has 2 amide bonds. The number of furan rings is 2. The Balaban J connectivity index is 1.71. The number of nitrogens with one attached hydrogen (secondary N) is 3. The first-order valence-electron chi connectivity index (χ1n) is 8.77. The molecule has 2 aromatic heterocycles. The number of rotatable bonds is 8. The number of carbonyl (C=O) groups is 2. The number of hydrogen-bond donors (Lipinski definition) is 3. The van der Waals surface area contributed by atoms with E-state index in [1.165, 1.54) is 18.7 Å². The van der Waals surface area contributed by atoms with E-state index < -0.39 is 11.8 Å². The Morgan fingerprint density at radius 3 is 1.93 bits per heavy atom. The smallest absolute Gasteiger partial charge is 0.258 e. The maximum atomic E-state index is 12.6. The molecule has 0 fully saturated rings. The fraction of sp³-hybridized carbons (Fsp3) is 0.143. The lowest BCUT2D eigenvalue weighted by Crippen LogP contribution is -2.34. The highest BCUT2D eigenvalue weighted by Crippen LogP contribution is 2.14. The monoisotopic (exact) mass is 379 g/mol. The van der Waals surface area contributed by atoms with Gasteiger partial charge < -0.3 is 24.8 Å². The van der Waals surface area contributed by atoms with Gasteiger partial charge in [-0.25, -0.2) is 0 Å². The molecule has 0 saturated heterocycles. The van der Waals surface area contributed by atoms with Gasteiger partial charge in [-0.1, -0.05) is 18.2 Å². The zero-order valence-corrected chi connectivity index (χ0v) is 15.4. The van der Waals surface area contributed by atoms with E-state index in [0.717, 1.165) is 11.3 Å². The summed E-state index contributed by atoms with van der Waals surface area (Å²) in [6.45, 7) is 2.29. The van der Waals surface area contributed by atoms with Crippen LogP contribution < -0.4 is 16.0 Å². The molecule has 7 heteroatoms. The molecule has 7 nitrogen and oxygen atoms in total. The van der Waals surface area contributed by atoms with Crippen molar-refractivity contribution < 1.29 is 18.4 Å². The van der Waals surface area contributed by atoms with Gasteiger partial charge in [0.25, 0.3) is 11.8 Å². The first-order chi connectivity index (χ1) is 13.6. The number of para-hydroxylation sites is 1. The van der Waals surface area contributed by atoms with Gasteiger partial charge in [0.15, 0.2) is 0 Å². The summed E-state index contributed by atoms with van der Waals surface area (Å²) in [4.78, 5) is 25.2. The topological polar surface area (TPSA) is 96.5 Å². The molecule has 0 bridgehead atoms. The van der Waals surface area contributed by atoms with Gasteiger partial charge in [-0.3, -0.25) is 9.59 Å². The van der Waals surface area contributed by atoms with Crippen LogP contribution in [-0.2, 0) is 22.7 Å². The molecule has 0 unspecified atom stereocenters. The number of benzene rings is 1. The third-order valence-corrected chi connectivity index (χ3v) is 4.01. The minimum Gasteiger partial charge on any atom is -0.467 e. The second kappa shape index (κ2) is 9.27. The molecular formula is C21H21N3O4. The highest BCUT2D eigenvalue weighted by molar-refractivity contribution is 6.18. The van der Waals surface area contributed by atoms with Crippen LogP contribution in [0.5, 0.6) is 0 Å². The fourth-order valence-electron chi connectivity index (χ4n) is 2.47. The predicted octanol–water partition coefficient (Wildman–Crippen LogP) is 3.11. The molecule has 3 rings (SSSR count). The van der Waals surface area contributed by atoms with Crippen LogP contribution in [0, 0.1) is 6.92 Å². The van der Waals surface area contributed by atoms with E-state index in [1.54, 1.807) is 24.3 Å². The van der Waals surface area contributed by atoms with Crippen molar-refractivity contribution in [1.82, 2.24) is 10.6 Å². The van der Waals surface area contributed by atoms with E-state index in [9.17, 15) is 9.59 Å². The zero-order chi connectivity index (χ0) is 19.8. The van der Waals surface area contributed by atoms with Crippen molar-refractivity contribution in [3.63, 3.8) is 0 Å². The Bertz CT molecular complexity index is 892. The Morgan fingerprint density at radius 2 is 1.43 bits per heavy atom. The molecule has 0 atom stereocenters. The number of anilines is 1. The van der Waals surface area contributed by atoms with Crippen molar-refractivity contribution >= 4 is 17.5 Å². The van der Waals surface area contributed by atoms with Crippen molar-refractivity contribution in [1.29, 1.82) is 0 Å². The Morgan fingerprint density at radius 1 is 0.857 bits per heavy atom. The molecule has 3 N–H and O–H groups in total. The van der Waals surface area contributed by atoms with E-state index in [-0.39, 0.29) is 18.7 Å². The number of amides is 2. The molecule has 144 valence electrons. The molecule has 0 aliphatic heterocycles. The van der Waals surface area contributed by atoms with Gasteiger partial charge in [-0.2, -0.15) is 0 Å². The summed E-state index contributed by atoms with van der Waals surface area (Å²) < 4.78 is 10.4. The summed E-state index contributed by atoms with van der Waals surface area (Å²) >= 11 is 0. The number of hydrogen-bond acceptors (Lipinski definition) is 5. The van der Waals surface area contributed by atoms with Crippen molar-refractivity contribution in [3.8, 4) is 0 Å². The van der Waals surface area contributed by atoms with Crippen LogP contribution in [0.4, 0.5) is 5.69 Å². The van der Waals surface area contributed by atoms with E-state index in [2.05, 4.69) is 16.0 Å². The van der Waals surface area contributed by atoms with Gasteiger partial charge in [0.2, 0.25) is 0 Å². The SMILES string of the molecule is Cc1ccccc1NC=C(C(=O)NCc1ccco1)C(=O)NCc1ccco1. The summed E-state index contributed by atoms with van der Waals surface area (Å²) in [6.07, 6.45) is 4.44. The quantitative estimate of drug-likeness (QED) is 0.317. The van der Waals surface area contributed by atoms with Gasteiger partial charge in [0, 0.05) is 11.9 Å². The Hall–Kier alpha value is -3.74. The molecule has 0 radical (unpaired) electrons. The Labute approximate surface area is 162 Å². The normalized spacial score (nSPS) is 10.2. The van der Waals surface area contributed by atoms with Crippen LogP contribution in [0.2, 0.25) is 0 Å². The summed E-state index contributed by atoms with van der Waals surface area (Å²) in [5, 5.41) is 8.40. The van der Waals surface area contributed by atoms with Crippen molar-refractivity contribution in [2.24, 2.45) is 0 Å². The number of aryl methyl sites for hydroxylation is 1. The molecule has 1 aromatic carbocycles. The summed E-state index contributed by atoms with van der Waals surface area (Å²) in [6, 6.07) is 14.5. The molecular weight excluding hydrogens is 358 g/mol. The molecule has 0 spiro atoms. The lowest BCUT2D eigenvalue weighted by Gasteiger charge is -2.11. The second-order valence-corrected chi connectivity index (χ2v) is 6.04. The molecule has 2 heterocycles. The summed E-state index contributed by atoms with van der Waals surface area (Å²) in [5.74, 6) is 0.148. The molecule has 0 aliphatic rings. The second-order valence-electron chi connectivity index (χ2n) is 6.04. The summed E-state index contributed by atoms with van der Waals surface area (Å²) in [7, 11) is 0. The third-order valence-electron chi connectivity index (χ3n) is 4.01. The summed E-state index contributed by atoms with van der Waals surface area (Å²) in [5.41, 5.74) is 1.74. The first-order valence-corrected chi connectivity index (χ1v) is 8.77. The predicted molar refractivity (Wildman–Crippen MR) is 104 cm³/mol. The van der Waals surface area contributed by atoms with Gasteiger partial charge in [0.05, 0.1) is 25.6 Å². The van der Waals surface area contributed by atoms with E-state index in [4.69, 9.17) is 8.83 Å². The van der Waals surface area contributed by atoms with Gasteiger partial charge in [-0.15, -0.1) is 0 Å². The van der Waals surface area contributed by atoms with E-state index in [1.807, 2.05) is 31.2 Å². The molecule has 0 saturated carbocycles. The first kappa shape index (κ1) is 19.0. The van der Waals surface area contributed by atoms with Gasteiger partial charge in [-0.05, 0) is 42.8 Å². The van der Waals surface area contributed by atoms with Crippen LogP contribution in [0.1, 0.15) is 17.1 Å². The lowest BCUT2D eigenvalue weighted by molar-refractivity contribution is -0.123. The molecule has 28 heavy (non-hydrogen) atoms. The Kier molecular flexibility index (Phi) is 6.30. The number of carbonyl (C=O) groups excluding carboxylic acids is 2. The maximum Gasteiger partial charge on any atom is 0.258 e. The average Bonchev–Trinajstić information content (AvgIpc) is 3.40. The largest absolute Gasteiger partial charge is 0.467 e. The maximum absolute atomic E-state index is 12.6. The van der Waals surface area contributed by atoms with Gasteiger partial charge >= 0.3 is 0 Å². The standard InChI is InChI=1S/C21H21N3O4/c1-15-6-2-3-9-19(15)22-14-18(20(25)23-12-16-7-4-10-27-16)21(26)24-13-17-8-5-11-28-17/h2-11,14,22H,12-13H2,1H3,(H,23,25)(H,24,26). The third kappa shape index (κ3) is 5.14. The minimum atomic E-state index is -0.519. The van der Waals surface area contributed by atoms with E-state index in [0.29, 0.717) is 11.5 Å². The van der Waals surface area contributed by atoms with Crippen LogP contribution >= 0.6 is 0 Å². The lowest BCUT2D eigenvalue weighted by atomic mass is 10.2. The molecule has 3 aromatic rings. The fourth-order valence-corrected chi connectivity index (χ4v) is 2.47. The minimum absolute atomic E-state index is 0.0543. The molecule has 0 aliphatic carbocycles. The zero-order valence-electron chi connectivity index (χ0n) is 15.4. The van der Waals surface area contributed by atoms with Crippen LogP contribution in [0.25, 0.3) is 0 Å². The van der Waals surface area contributed by atoms with Crippen molar-refractivity contribution in [2.75, 3.05) is 5.32 Å².